The highest BCUT2D eigenvalue weighted by atomic mass is 16.3. The van der Waals surface area contributed by atoms with Crippen molar-refractivity contribution in [2.75, 3.05) is 6.61 Å². The molecule has 2 N–H and O–H groups in total. The molecule has 3 aliphatic carbocycles. The van der Waals surface area contributed by atoms with Crippen LogP contribution in [-0.4, -0.2) is 22.9 Å². The van der Waals surface area contributed by atoms with Crippen molar-refractivity contribution in [3.05, 3.63) is 0 Å². The zero-order chi connectivity index (χ0) is 13.6. The standard InChI is InChI=1S/C17H30O2/c1-3-11-4-5-13-12(14(11)10-18)8-9-17(2)15(13)6-7-16(17)19/h11-16,18-19H,3-10H2,1-2H3. The Kier molecular flexibility index (Phi) is 3.68. The second kappa shape index (κ2) is 5.04. The van der Waals surface area contributed by atoms with Crippen LogP contribution in [-0.2, 0) is 0 Å². The molecule has 0 heterocycles. The van der Waals surface area contributed by atoms with Gasteiger partial charge in [-0.05, 0) is 73.5 Å². The summed E-state index contributed by atoms with van der Waals surface area (Å²) in [6, 6.07) is 0. The lowest BCUT2D eigenvalue weighted by molar-refractivity contribution is -0.0834. The largest absolute Gasteiger partial charge is 0.396 e. The van der Waals surface area contributed by atoms with E-state index >= 15 is 0 Å². The maximum Gasteiger partial charge on any atom is 0.0596 e. The first-order chi connectivity index (χ1) is 9.11. The predicted octanol–water partition coefficient (Wildman–Crippen LogP) is 3.22. The van der Waals surface area contributed by atoms with Crippen LogP contribution in [0.3, 0.4) is 0 Å². The van der Waals surface area contributed by atoms with Gasteiger partial charge in [-0.2, -0.15) is 0 Å². The number of fused-ring (bicyclic) bond motifs is 3. The van der Waals surface area contributed by atoms with E-state index in [-0.39, 0.29) is 11.5 Å². The van der Waals surface area contributed by atoms with Crippen molar-refractivity contribution in [3.63, 3.8) is 0 Å². The van der Waals surface area contributed by atoms with Gasteiger partial charge in [0, 0.05) is 6.61 Å². The average molecular weight is 266 g/mol. The van der Waals surface area contributed by atoms with E-state index in [0.29, 0.717) is 18.4 Å². The van der Waals surface area contributed by atoms with Gasteiger partial charge < -0.3 is 10.2 Å². The molecule has 2 nitrogen and oxygen atoms in total. The van der Waals surface area contributed by atoms with Crippen LogP contribution in [0.4, 0.5) is 0 Å². The zero-order valence-corrected chi connectivity index (χ0v) is 12.5. The quantitative estimate of drug-likeness (QED) is 0.805. The van der Waals surface area contributed by atoms with Gasteiger partial charge in [-0.25, -0.2) is 0 Å². The number of aliphatic hydroxyl groups is 2. The number of rotatable bonds is 2. The Bertz CT molecular complexity index is 329. The Balaban J connectivity index is 1.83. The van der Waals surface area contributed by atoms with E-state index in [1.807, 2.05) is 0 Å². The number of aliphatic hydroxyl groups excluding tert-OH is 2. The SMILES string of the molecule is CCC1CCC2C(CCC3(C)C(O)CCC23)C1CO. The molecule has 3 aliphatic rings. The topological polar surface area (TPSA) is 40.5 Å². The molecule has 0 spiro atoms. The molecule has 110 valence electrons. The molecule has 7 unspecified atom stereocenters. The van der Waals surface area contributed by atoms with E-state index in [1.54, 1.807) is 0 Å². The summed E-state index contributed by atoms with van der Waals surface area (Å²) in [7, 11) is 0. The van der Waals surface area contributed by atoms with Gasteiger partial charge in [0.05, 0.1) is 6.10 Å². The Morgan fingerprint density at radius 2 is 1.84 bits per heavy atom. The van der Waals surface area contributed by atoms with Crippen LogP contribution in [0.15, 0.2) is 0 Å². The molecule has 0 aromatic heterocycles. The minimum Gasteiger partial charge on any atom is -0.396 e. The highest BCUT2D eigenvalue weighted by molar-refractivity contribution is 5.05. The Morgan fingerprint density at radius 3 is 2.53 bits per heavy atom. The smallest absolute Gasteiger partial charge is 0.0596 e. The molecular weight excluding hydrogens is 236 g/mol. The fourth-order valence-electron chi connectivity index (χ4n) is 6.00. The third-order valence-corrected chi connectivity index (χ3v) is 7.20. The summed E-state index contributed by atoms with van der Waals surface area (Å²) in [5, 5.41) is 20.2. The second-order valence-corrected chi connectivity index (χ2v) is 7.66. The number of hydrogen-bond acceptors (Lipinski definition) is 2. The molecule has 0 radical (unpaired) electrons. The van der Waals surface area contributed by atoms with Gasteiger partial charge >= 0.3 is 0 Å². The first-order valence-electron chi connectivity index (χ1n) is 8.40. The van der Waals surface area contributed by atoms with Crippen molar-refractivity contribution in [1.29, 1.82) is 0 Å². The maximum atomic E-state index is 10.3. The van der Waals surface area contributed by atoms with Gasteiger partial charge in [-0.1, -0.05) is 20.3 Å². The van der Waals surface area contributed by atoms with E-state index in [4.69, 9.17) is 0 Å². The Labute approximate surface area is 117 Å². The first-order valence-corrected chi connectivity index (χ1v) is 8.40. The molecule has 0 aromatic rings. The van der Waals surface area contributed by atoms with Gasteiger partial charge in [0.2, 0.25) is 0 Å². The number of hydrogen-bond donors (Lipinski definition) is 2. The van der Waals surface area contributed by atoms with Gasteiger partial charge in [0.15, 0.2) is 0 Å². The van der Waals surface area contributed by atoms with Crippen LogP contribution in [0.1, 0.15) is 58.8 Å². The molecule has 0 saturated heterocycles. The lowest BCUT2D eigenvalue weighted by Crippen LogP contribution is -2.49. The molecular formula is C17H30O2. The third-order valence-electron chi connectivity index (χ3n) is 7.20. The summed E-state index contributed by atoms with van der Waals surface area (Å²) < 4.78 is 0. The average Bonchev–Trinajstić information content (AvgIpc) is 2.73. The van der Waals surface area contributed by atoms with Crippen molar-refractivity contribution in [3.8, 4) is 0 Å². The molecule has 3 rings (SSSR count). The van der Waals surface area contributed by atoms with Crippen LogP contribution in [0.25, 0.3) is 0 Å². The molecule has 7 atom stereocenters. The molecule has 19 heavy (non-hydrogen) atoms. The van der Waals surface area contributed by atoms with Crippen molar-refractivity contribution >= 4 is 0 Å². The summed E-state index contributed by atoms with van der Waals surface area (Å²) in [4.78, 5) is 0. The zero-order valence-electron chi connectivity index (χ0n) is 12.5. The summed E-state index contributed by atoms with van der Waals surface area (Å²) in [6.07, 6.45) is 8.41. The minimum atomic E-state index is -0.0741. The predicted molar refractivity (Wildman–Crippen MR) is 76.6 cm³/mol. The highest BCUT2D eigenvalue weighted by Gasteiger charge is 2.55. The van der Waals surface area contributed by atoms with Crippen LogP contribution >= 0.6 is 0 Å². The van der Waals surface area contributed by atoms with Crippen LogP contribution in [0.5, 0.6) is 0 Å². The fraction of sp³-hybridized carbons (Fsp3) is 1.00. The lowest BCUT2D eigenvalue weighted by atomic mass is 9.52. The van der Waals surface area contributed by atoms with E-state index < -0.39 is 0 Å². The second-order valence-electron chi connectivity index (χ2n) is 7.66. The molecule has 0 aliphatic heterocycles. The Morgan fingerprint density at radius 1 is 1.05 bits per heavy atom. The maximum absolute atomic E-state index is 10.3. The van der Waals surface area contributed by atoms with Crippen LogP contribution in [0.2, 0.25) is 0 Å². The molecule has 0 aromatic carbocycles. The van der Waals surface area contributed by atoms with E-state index in [9.17, 15) is 10.2 Å². The summed E-state index contributed by atoms with van der Waals surface area (Å²) in [5.74, 6) is 3.49. The summed E-state index contributed by atoms with van der Waals surface area (Å²) >= 11 is 0. The summed E-state index contributed by atoms with van der Waals surface area (Å²) in [5.41, 5.74) is 0.181. The van der Waals surface area contributed by atoms with E-state index in [2.05, 4.69) is 13.8 Å². The van der Waals surface area contributed by atoms with Crippen molar-refractivity contribution in [1.82, 2.24) is 0 Å². The van der Waals surface area contributed by atoms with Crippen LogP contribution < -0.4 is 0 Å². The fourth-order valence-corrected chi connectivity index (χ4v) is 6.00. The van der Waals surface area contributed by atoms with Gasteiger partial charge in [0.1, 0.15) is 0 Å². The van der Waals surface area contributed by atoms with Crippen molar-refractivity contribution in [2.45, 2.75) is 64.9 Å². The summed E-state index contributed by atoms with van der Waals surface area (Å²) in [6.45, 7) is 4.98. The van der Waals surface area contributed by atoms with Crippen molar-refractivity contribution < 1.29 is 10.2 Å². The molecule has 0 bridgehead atoms. The van der Waals surface area contributed by atoms with Gasteiger partial charge in [-0.3, -0.25) is 0 Å². The third kappa shape index (κ3) is 1.98. The van der Waals surface area contributed by atoms with E-state index in [1.165, 1.54) is 38.5 Å². The normalized spacial score (nSPS) is 53.7. The molecule has 3 fully saturated rings. The minimum absolute atomic E-state index is 0.0741. The lowest BCUT2D eigenvalue weighted by Gasteiger charge is -2.53. The monoisotopic (exact) mass is 266 g/mol. The Hall–Kier alpha value is -0.0800. The van der Waals surface area contributed by atoms with Gasteiger partial charge in [-0.15, -0.1) is 0 Å². The molecule has 3 saturated carbocycles. The van der Waals surface area contributed by atoms with E-state index in [0.717, 1.165) is 24.2 Å². The molecule has 0 amide bonds. The first kappa shape index (κ1) is 13.9. The highest BCUT2D eigenvalue weighted by Crippen LogP contribution is 2.61. The molecule has 2 heteroatoms. The van der Waals surface area contributed by atoms with Gasteiger partial charge in [0.25, 0.3) is 0 Å². The van der Waals surface area contributed by atoms with Crippen molar-refractivity contribution in [2.24, 2.45) is 35.0 Å². The van der Waals surface area contributed by atoms with Crippen LogP contribution in [0, 0.1) is 35.0 Å².